The Hall–Kier alpha value is -3.09. The van der Waals surface area contributed by atoms with Gasteiger partial charge in [-0.1, -0.05) is 47.5 Å². The monoisotopic (exact) mass is 436 g/mol. The Morgan fingerprint density at radius 3 is 2.60 bits per heavy atom. The van der Waals surface area contributed by atoms with Gasteiger partial charge in [0.25, 0.3) is 0 Å². The molecule has 150 valence electrons. The zero-order valence-corrected chi connectivity index (χ0v) is 17.5. The SMILES string of the molecule is Clc1ccc(N2Cc3ccc(Nc4ccccc4Cn4cnnn4)cc3C2)cc1Cl. The first-order valence-electron chi connectivity index (χ1n) is 9.53. The number of aromatic nitrogens is 4. The second-order valence-corrected chi connectivity index (χ2v) is 8.04. The van der Waals surface area contributed by atoms with Crippen LogP contribution in [0.2, 0.25) is 10.0 Å². The van der Waals surface area contributed by atoms with Crippen molar-refractivity contribution in [1.29, 1.82) is 0 Å². The van der Waals surface area contributed by atoms with E-state index in [-0.39, 0.29) is 0 Å². The summed E-state index contributed by atoms with van der Waals surface area (Å²) in [5, 5.41) is 16.1. The predicted octanol–water partition coefficient (Wildman–Crippen LogP) is 5.29. The second-order valence-electron chi connectivity index (χ2n) is 7.23. The van der Waals surface area contributed by atoms with Crippen LogP contribution in [-0.4, -0.2) is 20.2 Å². The largest absolute Gasteiger partial charge is 0.363 e. The molecular formula is C22H18Cl2N6. The molecule has 0 spiro atoms. The van der Waals surface area contributed by atoms with Crippen molar-refractivity contribution in [3.63, 3.8) is 0 Å². The summed E-state index contributed by atoms with van der Waals surface area (Å²) in [6.07, 6.45) is 1.61. The van der Waals surface area contributed by atoms with E-state index in [2.05, 4.69) is 56.1 Å². The van der Waals surface area contributed by atoms with Gasteiger partial charge in [-0.3, -0.25) is 0 Å². The molecule has 1 aliphatic heterocycles. The molecule has 30 heavy (non-hydrogen) atoms. The summed E-state index contributed by atoms with van der Waals surface area (Å²) in [7, 11) is 0. The van der Waals surface area contributed by atoms with E-state index in [0.29, 0.717) is 16.6 Å². The van der Waals surface area contributed by atoms with Gasteiger partial charge < -0.3 is 10.2 Å². The molecule has 6 nitrogen and oxygen atoms in total. The molecule has 3 aromatic carbocycles. The third-order valence-electron chi connectivity index (χ3n) is 5.22. The molecule has 0 saturated carbocycles. The molecule has 0 bridgehead atoms. The van der Waals surface area contributed by atoms with Crippen molar-refractivity contribution in [2.24, 2.45) is 0 Å². The summed E-state index contributed by atoms with van der Waals surface area (Å²) < 4.78 is 1.71. The molecule has 8 heteroatoms. The number of anilines is 3. The van der Waals surface area contributed by atoms with Crippen LogP contribution < -0.4 is 10.2 Å². The first-order chi connectivity index (χ1) is 14.7. The molecule has 1 aliphatic rings. The minimum absolute atomic E-state index is 0.573. The van der Waals surface area contributed by atoms with Crippen molar-refractivity contribution in [1.82, 2.24) is 20.2 Å². The van der Waals surface area contributed by atoms with E-state index in [0.717, 1.165) is 35.7 Å². The van der Waals surface area contributed by atoms with Crippen molar-refractivity contribution < 1.29 is 0 Å². The minimum Gasteiger partial charge on any atom is -0.363 e. The number of nitrogens with one attached hydrogen (secondary N) is 1. The number of benzene rings is 3. The predicted molar refractivity (Wildman–Crippen MR) is 119 cm³/mol. The van der Waals surface area contributed by atoms with Crippen LogP contribution in [0.3, 0.4) is 0 Å². The average Bonchev–Trinajstić information content (AvgIpc) is 3.41. The van der Waals surface area contributed by atoms with Gasteiger partial charge in [-0.2, -0.15) is 0 Å². The molecule has 5 rings (SSSR count). The van der Waals surface area contributed by atoms with E-state index in [1.54, 1.807) is 11.0 Å². The lowest BCUT2D eigenvalue weighted by molar-refractivity contribution is 0.649. The fourth-order valence-corrected chi connectivity index (χ4v) is 3.99. The van der Waals surface area contributed by atoms with Crippen molar-refractivity contribution >= 4 is 40.3 Å². The topological polar surface area (TPSA) is 58.9 Å². The fourth-order valence-electron chi connectivity index (χ4n) is 3.70. The van der Waals surface area contributed by atoms with Crippen molar-refractivity contribution in [2.45, 2.75) is 19.6 Å². The number of tetrazole rings is 1. The van der Waals surface area contributed by atoms with Crippen LogP contribution >= 0.6 is 23.2 Å². The maximum Gasteiger partial charge on any atom is 0.138 e. The van der Waals surface area contributed by atoms with Crippen molar-refractivity contribution in [2.75, 3.05) is 10.2 Å². The van der Waals surface area contributed by atoms with Gasteiger partial charge in [-0.25, -0.2) is 4.68 Å². The zero-order valence-electron chi connectivity index (χ0n) is 16.0. The quantitative estimate of drug-likeness (QED) is 0.460. The summed E-state index contributed by atoms with van der Waals surface area (Å²) in [4.78, 5) is 2.29. The van der Waals surface area contributed by atoms with Crippen LogP contribution in [0, 0.1) is 0 Å². The van der Waals surface area contributed by atoms with Crippen LogP contribution in [0.1, 0.15) is 16.7 Å². The maximum absolute atomic E-state index is 6.20. The van der Waals surface area contributed by atoms with Gasteiger partial charge in [0.1, 0.15) is 6.33 Å². The van der Waals surface area contributed by atoms with Gasteiger partial charge in [-0.15, -0.1) is 5.10 Å². The lowest BCUT2D eigenvalue weighted by Crippen LogP contribution is -2.14. The summed E-state index contributed by atoms with van der Waals surface area (Å²) in [5.74, 6) is 0. The first kappa shape index (κ1) is 18.9. The highest BCUT2D eigenvalue weighted by Gasteiger charge is 2.20. The first-order valence-corrected chi connectivity index (χ1v) is 10.3. The molecule has 4 aromatic rings. The van der Waals surface area contributed by atoms with Gasteiger partial charge in [-0.05, 0) is 63.5 Å². The Kier molecular flexibility index (Phi) is 5.02. The van der Waals surface area contributed by atoms with E-state index in [1.165, 1.54) is 11.1 Å². The number of rotatable bonds is 5. The zero-order chi connectivity index (χ0) is 20.5. The molecule has 1 aromatic heterocycles. The Morgan fingerprint density at radius 2 is 1.77 bits per heavy atom. The Bertz CT molecular complexity index is 1190. The van der Waals surface area contributed by atoms with Crippen LogP contribution in [-0.2, 0) is 19.6 Å². The summed E-state index contributed by atoms with van der Waals surface area (Å²) in [6.45, 7) is 2.28. The van der Waals surface area contributed by atoms with Gasteiger partial charge in [0.2, 0.25) is 0 Å². The van der Waals surface area contributed by atoms with Crippen molar-refractivity contribution in [3.8, 4) is 0 Å². The van der Waals surface area contributed by atoms with Gasteiger partial charge in [0, 0.05) is 30.2 Å². The van der Waals surface area contributed by atoms with Crippen LogP contribution in [0.5, 0.6) is 0 Å². The fraction of sp³-hybridized carbons (Fsp3) is 0.136. The van der Waals surface area contributed by atoms with Crippen LogP contribution in [0.4, 0.5) is 17.1 Å². The van der Waals surface area contributed by atoms with E-state index in [9.17, 15) is 0 Å². The van der Waals surface area contributed by atoms with Gasteiger partial charge >= 0.3 is 0 Å². The van der Waals surface area contributed by atoms with E-state index in [4.69, 9.17) is 23.2 Å². The minimum atomic E-state index is 0.573. The molecule has 0 saturated heterocycles. The standard InChI is InChI=1S/C22H18Cl2N6/c23-20-8-7-19(10-21(20)24)29-11-15-5-6-18(9-17(15)12-29)26-22-4-2-1-3-16(22)13-30-14-25-27-28-30/h1-10,14,26H,11-13H2. The molecule has 1 N–H and O–H groups in total. The molecule has 0 radical (unpaired) electrons. The smallest absolute Gasteiger partial charge is 0.138 e. The highest BCUT2D eigenvalue weighted by Crippen LogP contribution is 2.34. The van der Waals surface area contributed by atoms with E-state index >= 15 is 0 Å². The highest BCUT2D eigenvalue weighted by molar-refractivity contribution is 6.42. The normalized spacial score (nSPS) is 12.8. The lowest BCUT2D eigenvalue weighted by Gasteiger charge is -2.18. The maximum atomic E-state index is 6.20. The molecule has 0 atom stereocenters. The Balaban J connectivity index is 1.35. The Labute approximate surface area is 184 Å². The van der Waals surface area contributed by atoms with E-state index in [1.807, 2.05) is 30.3 Å². The summed E-state index contributed by atoms with van der Waals surface area (Å²) >= 11 is 12.3. The van der Waals surface area contributed by atoms with Crippen molar-refractivity contribution in [3.05, 3.63) is 93.7 Å². The molecule has 0 fully saturated rings. The lowest BCUT2D eigenvalue weighted by atomic mass is 10.1. The third kappa shape index (κ3) is 3.84. The summed E-state index contributed by atoms with van der Waals surface area (Å²) in [5.41, 5.74) is 6.88. The number of nitrogens with zero attached hydrogens (tertiary/aromatic N) is 5. The number of fused-ring (bicyclic) bond motifs is 1. The number of hydrogen-bond donors (Lipinski definition) is 1. The molecule has 0 amide bonds. The van der Waals surface area contributed by atoms with Crippen LogP contribution in [0.25, 0.3) is 0 Å². The molecule has 0 unspecified atom stereocenters. The van der Waals surface area contributed by atoms with E-state index < -0.39 is 0 Å². The summed E-state index contributed by atoms with van der Waals surface area (Å²) in [6, 6.07) is 20.5. The second kappa shape index (κ2) is 7.97. The third-order valence-corrected chi connectivity index (χ3v) is 5.96. The van der Waals surface area contributed by atoms with Gasteiger partial charge in [0.05, 0.1) is 16.6 Å². The highest BCUT2D eigenvalue weighted by atomic mass is 35.5. The molecule has 2 heterocycles. The molecular weight excluding hydrogens is 419 g/mol. The van der Waals surface area contributed by atoms with Gasteiger partial charge in [0.15, 0.2) is 0 Å². The average molecular weight is 437 g/mol. The molecule has 0 aliphatic carbocycles. The Morgan fingerprint density at radius 1 is 0.900 bits per heavy atom. The van der Waals surface area contributed by atoms with Crippen LogP contribution in [0.15, 0.2) is 67.0 Å². The number of halogens is 2. The number of para-hydroxylation sites is 1. The number of hydrogen-bond acceptors (Lipinski definition) is 5.